The Morgan fingerprint density at radius 3 is 2.54 bits per heavy atom. The molecule has 2 rings (SSSR count). The number of methoxy groups -OCH3 is 2. The summed E-state index contributed by atoms with van der Waals surface area (Å²) in [6, 6.07) is 5.21. The number of esters is 1. The molecule has 0 N–H and O–H groups in total. The van der Waals surface area contributed by atoms with Gasteiger partial charge in [-0.2, -0.15) is 0 Å². The Balaban J connectivity index is 2.43. The molecule has 26 heavy (non-hydrogen) atoms. The topological polar surface area (TPSA) is 55.8 Å². The zero-order valence-electron chi connectivity index (χ0n) is 16.2. The van der Waals surface area contributed by atoms with Crippen LogP contribution in [0.2, 0.25) is 0 Å². The predicted molar refractivity (Wildman–Crippen MR) is 103 cm³/mol. The maximum atomic E-state index is 12.0. The van der Waals surface area contributed by atoms with Crippen molar-refractivity contribution in [1.82, 2.24) is 0 Å². The molecule has 1 heterocycles. The lowest BCUT2D eigenvalue weighted by Gasteiger charge is -2.42. The van der Waals surface area contributed by atoms with E-state index in [0.29, 0.717) is 12.2 Å². The number of nitrogens with zero attached hydrogens (tertiary/aromatic N) is 1. The van der Waals surface area contributed by atoms with Crippen LogP contribution in [0.3, 0.4) is 0 Å². The van der Waals surface area contributed by atoms with Gasteiger partial charge in [0.1, 0.15) is 0 Å². The number of allylic oxidation sites excluding steroid dienone is 2. The lowest BCUT2D eigenvalue weighted by Crippen LogP contribution is -2.52. The molecule has 5 heteroatoms. The quantitative estimate of drug-likeness (QED) is 0.421. The minimum absolute atomic E-state index is 0.397. The second-order valence-corrected chi connectivity index (χ2v) is 6.89. The molecular formula is C21H27NO4. The van der Waals surface area contributed by atoms with E-state index in [0.717, 1.165) is 30.5 Å². The molecule has 0 saturated carbocycles. The lowest BCUT2D eigenvalue weighted by atomic mass is 9.85. The van der Waals surface area contributed by atoms with Crippen molar-refractivity contribution in [2.45, 2.75) is 39.2 Å². The summed E-state index contributed by atoms with van der Waals surface area (Å²) >= 11 is 0. The summed E-state index contributed by atoms with van der Waals surface area (Å²) in [5.41, 5.74) is 4.09. The first-order valence-corrected chi connectivity index (χ1v) is 8.66. The van der Waals surface area contributed by atoms with E-state index in [1.807, 2.05) is 12.2 Å². The summed E-state index contributed by atoms with van der Waals surface area (Å²) < 4.78 is 10.2. The molecule has 5 nitrogen and oxygen atoms in total. The normalized spacial score (nSPS) is 18.3. The molecule has 0 aromatic heterocycles. The summed E-state index contributed by atoms with van der Waals surface area (Å²) in [7, 11) is 2.99. The summed E-state index contributed by atoms with van der Waals surface area (Å²) in [4.78, 5) is 25.5. The van der Waals surface area contributed by atoms with Crippen LogP contribution in [0.4, 0.5) is 5.69 Å². The molecule has 1 aliphatic rings. The molecule has 140 valence electrons. The van der Waals surface area contributed by atoms with Crippen LogP contribution < -0.4 is 4.90 Å². The molecule has 0 spiro atoms. The third kappa shape index (κ3) is 3.88. The van der Waals surface area contributed by atoms with Crippen LogP contribution >= 0.6 is 0 Å². The average Bonchev–Trinajstić information content (AvgIpc) is 2.65. The summed E-state index contributed by atoms with van der Waals surface area (Å²) in [5, 5.41) is 0. The van der Waals surface area contributed by atoms with Crippen molar-refractivity contribution in [2.24, 2.45) is 0 Å². The van der Waals surface area contributed by atoms with E-state index >= 15 is 0 Å². The zero-order valence-corrected chi connectivity index (χ0v) is 16.2. The number of anilines is 1. The standard InChI is InChI=1S/C21H27NO4/c1-15(2)16(3)8-10-21(13-25-4)11-9-17-12-18(20(24)26-5)6-7-19(17)22(21)14-23/h6-7,9,11-12,14H,8,10,13H2,1-5H3. The Morgan fingerprint density at radius 2 is 1.96 bits per heavy atom. The van der Waals surface area contributed by atoms with Crippen molar-refractivity contribution < 1.29 is 19.1 Å². The molecular weight excluding hydrogens is 330 g/mol. The van der Waals surface area contributed by atoms with Crippen LogP contribution in [-0.2, 0) is 14.3 Å². The fraction of sp³-hybridized carbons (Fsp3) is 0.429. The number of hydrogen-bond acceptors (Lipinski definition) is 4. The number of carbonyl (C=O) groups excluding carboxylic acids is 2. The van der Waals surface area contributed by atoms with Crippen molar-refractivity contribution in [2.75, 3.05) is 25.7 Å². The van der Waals surface area contributed by atoms with Gasteiger partial charge in [0.2, 0.25) is 6.41 Å². The number of benzene rings is 1. The van der Waals surface area contributed by atoms with E-state index in [2.05, 4.69) is 20.8 Å². The first-order valence-electron chi connectivity index (χ1n) is 8.66. The predicted octanol–water partition coefficient (Wildman–Crippen LogP) is 3.98. The second-order valence-electron chi connectivity index (χ2n) is 6.89. The average molecular weight is 357 g/mol. The number of fused-ring (bicyclic) bond motifs is 1. The van der Waals surface area contributed by atoms with E-state index in [1.165, 1.54) is 18.3 Å². The zero-order chi connectivity index (χ0) is 19.3. The molecule has 0 radical (unpaired) electrons. The summed E-state index contributed by atoms with van der Waals surface area (Å²) in [6.45, 7) is 6.70. The summed E-state index contributed by atoms with van der Waals surface area (Å²) in [5.74, 6) is -0.397. The molecule has 0 saturated heterocycles. The van der Waals surface area contributed by atoms with Gasteiger partial charge in [0, 0.05) is 7.11 Å². The van der Waals surface area contributed by atoms with Gasteiger partial charge < -0.3 is 14.4 Å². The molecule has 1 amide bonds. The SMILES string of the molecule is COCC1(CCC(C)=C(C)C)C=Cc2cc(C(=O)OC)ccc2N1C=O. The van der Waals surface area contributed by atoms with Gasteiger partial charge >= 0.3 is 5.97 Å². The monoisotopic (exact) mass is 357 g/mol. The smallest absolute Gasteiger partial charge is 0.337 e. The maximum absolute atomic E-state index is 12.0. The van der Waals surface area contributed by atoms with Crippen LogP contribution in [0.1, 0.15) is 49.5 Å². The van der Waals surface area contributed by atoms with Crippen LogP contribution in [0.15, 0.2) is 35.4 Å². The molecule has 1 aromatic rings. The van der Waals surface area contributed by atoms with Gasteiger partial charge in [0.25, 0.3) is 0 Å². The summed E-state index contributed by atoms with van der Waals surface area (Å²) in [6.07, 6.45) is 6.43. The van der Waals surface area contributed by atoms with Crippen molar-refractivity contribution in [1.29, 1.82) is 0 Å². The van der Waals surface area contributed by atoms with Crippen LogP contribution in [0.5, 0.6) is 0 Å². The van der Waals surface area contributed by atoms with Gasteiger partial charge in [-0.3, -0.25) is 4.79 Å². The number of carbonyl (C=O) groups is 2. The maximum Gasteiger partial charge on any atom is 0.337 e. The van der Waals surface area contributed by atoms with Gasteiger partial charge in [-0.15, -0.1) is 0 Å². The Labute approximate surface area is 155 Å². The Morgan fingerprint density at radius 1 is 1.23 bits per heavy atom. The highest BCUT2D eigenvalue weighted by atomic mass is 16.5. The van der Waals surface area contributed by atoms with Gasteiger partial charge in [0.05, 0.1) is 30.5 Å². The van der Waals surface area contributed by atoms with E-state index in [4.69, 9.17) is 9.47 Å². The number of rotatable bonds is 7. The first-order chi connectivity index (χ1) is 12.4. The van der Waals surface area contributed by atoms with E-state index < -0.39 is 11.5 Å². The van der Waals surface area contributed by atoms with Gasteiger partial charge in [-0.05, 0) is 57.4 Å². The van der Waals surface area contributed by atoms with Crippen molar-refractivity contribution in [3.63, 3.8) is 0 Å². The van der Waals surface area contributed by atoms with E-state index in [9.17, 15) is 9.59 Å². The van der Waals surface area contributed by atoms with Crippen LogP contribution in [0, 0.1) is 0 Å². The molecule has 0 aliphatic carbocycles. The highest BCUT2D eigenvalue weighted by molar-refractivity contribution is 5.94. The third-order valence-corrected chi connectivity index (χ3v) is 5.05. The van der Waals surface area contributed by atoms with E-state index in [1.54, 1.807) is 30.2 Å². The molecule has 0 bridgehead atoms. The Bertz CT molecular complexity index is 746. The molecule has 1 unspecified atom stereocenters. The van der Waals surface area contributed by atoms with E-state index in [-0.39, 0.29) is 0 Å². The van der Waals surface area contributed by atoms with Crippen molar-refractivity contribution in [3.05, 3.63) is 46.5 Å². The fourth-order valence-corrected chi connectivity index (χ4v) is 3.18. The van der Waals surface area contributed by atoms with Crippen LogP contribution in [0.25, 0.3) is 6.08 Å². The molecule has 1 atom stereocenters. The minimum Gasteiger partial charge on any atom is -0.465 e. The second kappa shape index (κ2) is 8.32. The number of hydrogen-bond donors (Lipinski definition) is 0. The van der Waals surface area contributed by atoms with Crippen molar-refractivity contribution >= 4 is 24.1 Å². The first kappa shape index (κ1) is 19.9. The highest BCUT2D eigenvalue weighted by Crippen LogP contribution is 2.38. The molecule has 1 aromatic carbocycles. The minimum atomic E-state index is -0.549. The van der Waals surface area contributed by atoms with Gasteiger partial charge in [-0.25, -0.2) is 4.79 Å². The van der Waals surface area contributed by atoms with Crippen LogP contribution in [-0.4, -0.2) is 38.7 Å². The van der Waals surface area contributed by atoms with Gasteiger partial charge in [0.15, 0.2) is 0 Å². The van der Waals surface area contributed by atoms with Crippen molar-refractivity contribution in [3.8, 4) is 0 Å². The number of amides is 1. The largest absolute Gasteiger partial charge is 0.465 e. The van der Waals surface area contributed by atoms with Gasteiger partial charge in [-0.1, -0.05) is 23.3 Å². The fourth-order valence-electron chi connectivity index (χ4n) is 3.18. The lowest BCUT2D eigenvalue weighted by molar-refractivity contribution is -0.108. The highest BCUT2D eigenvalue weighted by Gasteiger charge is 2.38. The Kier molecular flexibility index (Phi) is 6.37. The molecule has 0 fully saturated rings. The Hall–Kier alpha value is -2.40. The third-order valence-electron chi connectivity index (χ3n) is 5.05. The number of ether oxygens (including phenoxy) is 2. The molecule has 1 aliphatic heterocycles.